The van der Waals surface area contributed by atoms with Gasteiger partial charge in [0.25, 0.3) is 5.19 Å². The van der Waals surface area contributed by atoms with E-state index < -0.39 is 0 Å². The van der Waals surface area contributed by atoms with Crippen LogP contribution in [-0.2, 0) is 11.3 Å². The minimum absolute atomic E-state index is 0.454. The molecule has 14 heteroatoms. The van der Waals surface area contributed by atoms with Crippen LogP contribution in [0.2, 0.25) is 0 Å². The molecule has 5 aromatic rings. The molecule has 1 N–H and O–H groups in total. The molecular formula is C21H22N8O4S2. The van der Waals surface area contributed by atoms with Gasteiger partial charge in [0.05, 0.1) is 52.1 Å². The molecular weight excluding hydrogens is 492 g/mol. The van der Waals surface area contributed by atoms with Gasteiger partial charge in [-0.3, -0.25) is 0 Å². The Balaban J connectivity index is 1.20. The predicted octanol–water partition coefficient (Wildman–Crippen LogP) is 2.50. The molecule has 1 aliphatic rings. The fraction of sp³-hybridized carbons (Fsp3) is 0.333. The highest BCUT2D eigenvalue weighted by Crippen LogP contribution is 2.30. The molecule has 0 aromatic carbocycles. The lowest BCUT2D eigenvalue weighted by molar-refractivity contribution is 0.122. The van der Waals surface area contributed by atoms with Crippen LogP contribution in [0, 0.1) is 0 Å². The Morgan fingerprint density at radius 2 is 1.91 bits per heavy atom. The van der Waals surface area contributed by atoms with Gasteiger partial charge >= 0.3 is 0 Å². The number of hydrogen-bond donors (Lipinski definition) is 1. The summed E-state index contributed by atoms with van der Waals surface area (Å²) in [5.41, 5.74) is 6.08. The molecule has 6 heterocycles. The minimum atomic E-state index is 0.454. The average molecular weight is 515 g/mol. The first-order valence-electron chi connectivity index (χ1n) is 10.8. The molecule has 0 atom stereocenters. The maximum atomic E-state index is 5.93. The molecule has 6 rings (SSSR count). The smallest absolute Gasteiger partial charge is 0.294 e. The number of thiazole rings is 1. The summed E-state index contributed by atoms with van der Waals surface area (Å²) >= 11 is 2.99. The van der Waals surface area contributed by atoms with Crippen LogP contribution in [0.5, 0.6) is 16.7 Å². The van der Waals surface area contributed by atoms with Crippen LogP contribution in [0.1, 0.15) is 5.69 Å². The van der Waals surface area contributed by atoms with E-state index >= 15 is 0 Å². The molecule has 0 unspecified atom stereocenters. The number of aromatic nitrogens is 6. The number of imidazole rings is 1. The first-order chi connectivity index (χ1) is 17.2. The van der Waals surface area contributed by atoms with Gasteiger partial charge in [0.1, 0.15) is 22.7 Å². The van der Waals surface area contributed by atoms with Crippen molar-refractivity contribution in [3.63, 3.8) is 0 Å². The van der Waals surface area contributed by atoms with E-state index in [-0.39, 0.29) is 0 Å². The number of pyridine rings is 1. The van der Waals surface area contributed by atoms with Crippen molar-refractivity contribution in [2.75, 3.05) is 45.4 Å². The van der Waals surface area contributed by atoms with Crippen molar-refractivity contribution >= 4 is 38.3 Å². The van der Waals surface area contributed by atoms with Crippen molar-refractivity contribution < 1.29 is 19.0 Å². The molecule has 0 bridgehead atoms. The third-order valence-corrected chi connectivity index (χ3v) is 7.30. The number of nitrogens with one attached hydrogen (secondary N) is 1. The molecule has 0 amide bonds. The number of hydroxylamine groups is 1. The Hall–Kier alpha value is -3.46. The van der Waals surface area contributed by atoms with Gasteiger partial charge in [0.15, 0.2) is 10.9 Å². The lowest BCUT2D eigenvalue weighted by Crippen LogP contribution is -2.36. The molecule has 35 heavy (non-hydrogen) atoms. The van der Waals surface area contributed by atoms with E-state index in [2.05, 4.69) is 25.6 Å². The van der Waals surface area contributed by atoms with E-state index in [0.29, 0.717) is 34.6 Å². The molecule has 1 fully saturated rings. The summed E-state index contributed by atoms with van der Waals surface area (Å²) in [6.07, 6.45) is 3.61. The number of fused-ring (bicyclic) bond motifs is 2. The summed E-state index contributed by atoms with van der Waals surface area (Å²) in [6, 6.07) is 3.73. The summed E-state index contributed by atoms with van der Waals surface area (Å²) in [4.78, 5) is 18.2. The zero-order valence-electron chi connectivity index (χ0n) is 19.0. The van der Waals surface area contributed by atoms with Crippen molar-refractivity contribution in [2.24, 2.45) is 0 Å². The number of methoxy groups -OCH3 is 2. The monoisotopic (exact) mass is 514 g/mol. The molecule has 0 radical (unpaired) electrons. The van der Waals surface area contributed by atoms with Crippen molar-refractivity contribution in [3.8, 4) is 28.1 Å². The van der Waals surface area contributed by atoms with Gasteiger partial charge in [-0.15, -0.1) is 16.4 Å². The fourth-order valence-electron chi connectivity index (χ4n) is 3.71. The number of ether oxygens (including phenoxy) is 3. The lowest BCUT2D eigenvalue weighted by atomic mass is 10.3. The molecule has 5 aromatic heterocycles. The molecule has 0 spiro atoms. The van der Waals surface area contributed by atoms with Gasteiger partial charge in [-0.2, -0.15) is 10.6 Å². The van der Waals surface area contributed by atoms with Crippen LogP contribution < -0.4 is 24.7 Å². The highest BCUT2D eigenvalue weighted by atomic mass is 32.1. The zero-order valence-corrected chi connectivity index (χ0v) is 20.6. The fourth-order valence-corrected chi connectivity index (χ4v) is 5.29. The van der Waals surface area contributed by atoms with Crippen molar-refractivity contribution in [1.82, 2.24) is 34.7 Å². The van der Waals surface area contributed by atoms with Crippen LogP contribution in [0.25, 0.3) is 21.9 Å². The Bertz CT molecular complexity index is 1440. The maximum absolute atomic E-state index is 5.93. The Labute approximate surface area is 207 Å². The summed E-state index contributed by atoms with van der Waals surface area (Å²) in [7, 11) is 3.19. The maximum Gasteiger partial charge on any atom is 0.294 e. The largest absolute Gasteiger partial charge is 0.495 e. The average Bonchev–Trinajstić information content (AvgIpc) is 3.66. The van der Waals surface area contributed by atoms with Gasteiger partial charge in [0, 0.05) is 24.5 Å². The van der Waals surface area contributed by atoms with Crippen LogP contribution in [0.4, 0.5) is 5.13 Å². The molecule has 1 aliphatic heterocycles. The van der Waals surface area contributed by atoms with Crippen LogP contribution in [0.3, 0.4) is 0 Å². The second-order valence-corrected chi connectivity index (χ2v) is 9.43. The van der Waals surface area contributed by atoms with Crippen molar-refractivity contribution in [1.29, 1.82) is 0 Å². The summed E-state index contributed by atoms with van der Waals surface area (Å²) in [6.45, 7) is 3.64. The van der Waals surface area contributed by atoms with Gasteiger partial charge in [-0.05, 0) is 17.4 Å². The molecule has 1 saturated heterocycles. The number of nitrogens with zero attached hydrogens (tertiary/aromatic N) is 7. The standard InChI is InChI=1S/C21H22N8O4S2/c1-30-14-7-18(33-22-9-13-12-34-19(23-13)27-3-5-32-6-4-27)17-8-15(25-28(17)10-14)16-11-29-20(24-16)35-21(26-29)31-2/h7-8,10-12,22H,3-6,9H2,1-2H3. The van der Waals surface area contributed by atoms with E-state index in [9.17, 15) is 0 Å². The summed E-state index contributed by atoms with van der Waals surface area (Å²) < 4.78 is 19.4. The van der Waals surface area contributed by atoms with E-state index in [1.54, 1.807) is 40.8 Å². The van der Waals surface area contributed by atoms with Crippen molar-refractivity contribution in [3.05, 3.63) is 35.6 Å². The first kappa shape index (κ1) is 22.0. The molecule has 0 saturated carbocycles. The van der Waals surface area contributed by atoms with Crippen LogP contribution >= 0.6 is 22.7 Å². The quantitative estimate of drug-likeness (QED) is 0.310. The Morgan fingerprint density at radius 1 is 1.03 bits per heavy atom. The first-order valence-corrected chi connectivity index (χ1v) is 12.5. The summed E-state index contributed by atoms with van der Waals surface area (Å²) in [5, 5.41) is 12.6. The Kier molecular flexibility index (Phi) is 5.85. The number of morpholine rings is 1. The molecule has 182 valence electrons. The number of hydrogen-bond acceptors (Lipinski definition) is 12. The second kappa shape index (κ2) is 9.30. The normalized spacial score (nSPS) is 14.2. The molecule has 0 aliphatic carbocycles. The van der Waals surface area contributed by atoms with Gasteiger partial charge < -0.3 is 23.9 Å². The highest BCUT2D eigenvalue weighted by molar-refractivity contribution is 7.18. The topological polar surface area (TPSA) is 113 Å². The molecule has 12 nitrogen and oxygen atoms in total. The highest BCUT2D eigenvalue weighted by Gasteiger charge is 2.17. The Morgan fingerprint density at radius 3 is 2.71 bits per heavy atom. The van der Waals surface area contributed by atoms with Gasteiger partial charge in [-0.1, -0.05) is 0 Å². The second-order valence-electron chi connectivity index (χ2n) is 7.67. The van der Waals surface area contributed by atoms with Gasteiger partial charge in [-0.25, -0.2) is 19.0 Å². The minimum Gasteiger partial charge on any atom is -0.495 e. The van der Waals surface area contributed by atoms with E-state index in [1.165, 1.54) is 11.3 Å². The van der Waals surface area contributed by atoms with Crippen LogP contribution in [-0.4, -0.2) is 69.7 Å². The predicted molar refractivity (Wildman–Crippen MR) is 131 cm³/mol. The third-order valence-electron chi connectivity index (χ3n) is 5.47. The number of rotatable bonds is 8. The lowest BCUT2D eigenvalue weighted by Gasteiger charge is -2.26. The summed E-state index contributed by atoms with van der Waals surface area (Å²) in [5.74, 6) is 1.19. The van der Waals surface area contributed by atoms with Gasteiger partial charge in [0.2, 0.25) is 4.96 Å². The van der Waals surface area contributed by atoms with E-state index in [0.717, 1.165) is 47.6 Å². The third kappa shape index (κ3) is 4.36. The zero-order chi connectivity index (χ0) is 23.8. The van der Waals surface area contributed by atoms with Crippen molar-refractivity contribution in [2.45, 2.75) is 6.54 Å². The SMILES string of the molecule is COc1cc(ONCc2csc(N3CCOCC3)n2)c2cc(-c3cn4nc(OC)sc4n3)nn2c1. The van der Waals surface area contributed by atoms with Crippen LogP contribution in [0.15, 0.2) is 29.9 Å². The number of anilines is 1. The van der Waals surface area contributed by atoms with E-state index in [1.807, 2.05) is 23.7 Å². The van der Waals surface area contributed by atoms with E-state index in [4.69, 9.17) is 24.0 Å².